The minimum Gasteiger partial charge on any atom is -0.454 e. The number of halogens is 2. The van der Waals surface area contributed by atoms with Crippen LogP contribution >= 0.6 is 23.2 Å². The van der Waals surface area contributed by atoms with E-state index >= 15 is 0 Å². The SMILES string of the molecule is O=C(COC(=O)c1ccc(C(=O)OCC(=O)c2ccc(Cl)cc2)c(-c2ccccc2)c1)c1ccc(Cl)cc1. The number of esters is 2. The number of hydrogen-bond donors (Lipinski definition) is 0. The highest BCUT2D eigenvalue weighted by molar-refractivity contribution is 6.31. The van der Waals surface area contributed by atoms with Crippen molar-refractivity contribution in [2.75, 3.05) is 13.2 Å². The third-order valence-corrected chi connectivity index (χ3v) is 6.07. The van der Waals surface area contributed by atoms with E-state index in [4.69, 9.17) is 32.7 Å². The summed E-state index contributed by atoms with van der Waals surface area (Å²) in [7, 11) is 0. The van der Waals surface area contributed by atoms with Gasteiger partial charge in [-0.2, -0.15) is 0 Å². The number of Topliss-reactive ketones (excluding diaryl/α,β-unsaturated/α-hetero) is 2. The van der Waals surface area contributed by atoms with Crippen LogP contribution in [-0.2, 0) is 9.47 Å². The quantitative estimate of drug-likeness (QED) is 0.170. The minimum absolute atomic E-state index is 0.140. The van der Waals surface area contributed by atoms with E-state index in [0.717, 1.165) is 0 Å². The number of rotatable bonds is 9. The molecule has 0 aromatic heterocycles. The first-order valence-corrected chi connectivity index (χ1v) is 12.2. The molecule has 0 heterocycles. The van der Waals surface area contributed by atoms with Crippen LogP contribution < -0.4 is 0 Å². The van der Waals surface area contributed by atoms with Gasteiger partial charge in [0, 0.05) is 21.2 Å². The highest BCUT2D eigenvalue weighted by Crippen LogP contribution is 2.26. The highest BCUT2D eigenvalue weighted by atomic mass is 35.5. The smallest absolute Gasteiger partial charge is 0.339 e. The Balaban J connectivity index is 1.50. The highest BCUT2D eigenvalue weighted by Gasteiger charge is 2.20. The molecule has 0 atom stereocenters. The topological polar surface area (TPSA) is 86.7 Å². The Labute approximate surface area is 228 Å². The monoisotopic (exact) mass is 546 g/mol. The zero-order valence-electron chi connectivity index (χ0n) is 19.9. The first-order chi connectivity index (χ1) is 18.3. The van der Waals surface area contributed by atoms with Gasteiger partial charge in [0.15, 0.2) is 24.8 Å². The zero-order valence-corrected chi connectivity index (χ0v) is 21.4. The Morgan fingerprint density at radius 1 is 0.553 bits per heavy atom. The summed E-state index contributed by atoms with van der Waals surface area (Å²) >= 11 is 11.7. The van der Waals surface area contributed by atoms with Gasteiger partial charge in [-0.05, 0) is 77.9 Å². The summed E-state index contributed by atoms with van der Waals surface area (Å²) in [5, 5.41) is 0.971. The Bertz CT molecular complexity index is 1480. The van der Waals surface area contributed by atoms with Crippen molar-refractivity contribution in [3.8, 4) is 11.1 Å². The van der Waals surface area contributed by atoms with Gasteiger partial charge in [0.2, 0.25) is 0 Å². The predicted octanol–water partition coefficient (Wildman–Crippen LogP) is 6.74. The van der Waals surface area contributed by atoms with Crippen molar-refractivity contribution in [3.05, 3.63) is 129 Å². The zero-order chi connectivity index (χ0) is 27.1. The molecule has 0 aliphatic rings. The molecule has 190 valence electrons. The van der Waals surface area contributed by atoms with Crippen molar-refractivity contribution < 1.29 is 28.7 Å². The van der Waals surface area contributed by atoms with Crippen LogP contribution in [0.2, 0.25) is 10.0 Å². The summed E-state index contributed by atoms with van der Waals surface area (Å²) in [5.41, 5.74) is 2.08. The molecule has 0 aliphatic heterocycles. The lowest BCUT2D eigenvalue weighted by Gasteiger charge is -2.12. The van der Waals surface area contributed by atoms with Gasteiger partial charge in [-0.1, -0.05) is 53.5 Å². The summed E-state index contributed by atoms with van der Waals surface area (Å²) < 4.78 is 10.5. The van der Waals surface area contributed by atoms with Gasteiger partial charge < -0.3 is 9.47 Å². The van der Waals surface area contributed by atoms with E-state index in [1.165, 1.54) is 18.2 Å². The second-order valence-corrected chi connectivity index (χ2v) is 9.01. The van der Waals surface area contributed by atoms with Crippen LogP contribution in [0.4, 0.5) is 0 Å². The van der Waals surface area contributed by atoms with Gasteiger partial charge in [-0.25, -0.2) is 9.59 Å². The van der Waals surface area contributed by atoms with Crippen molar-refractivity contribution in [3.63, 3.8) is 0 Å². The number of hydrogen-bond acceptors (Lipinski definition) is 6. The standard InChI is InChI=1S/C30H20Cl2O6/c31-23-11-6-20(7-12-23)27(33)17-37-29(35)22-10-15-25(26(16-22)19-4-2-1-3-5-19)30(36)38-18-28(34)21-8-13-24(32)14-9-21/h1-16H,17-18H2. The predicted molar refractivity (Wildman–Crippen MR) is 144 cm³/mol. The molecule has 0 unspecified atom stereocenters. The second-order valence-electron chi connectivity index (χ2n) is 8.14. The lowest BCUT2D eigenvalue weighted by molar-refractivity contribution is 0.0468. The summed E-state index contributed by atoms with van der Waals surface area (Å²) in [4.78, 5) is 50.4. The largest absolute Gasteiger partial charge is 0.454 e. The summed E-state index contributed by atoms with van der Waals surface area (Å²) in [6.45, 7) is -0.928. The van der Waals surface area contributed by atoms with Crippen LogP contribution in [-0.4, -0.2) is 36.7 Å². The number of carbonyl (C=O) groups excluding carboxylic acids is 4. The average Bonchev–Trinajstić information content (AvgIpc) is 2.95. The Kier molecular flexibility index (Phi) is 8.69. The summed E-state index contributed by atoms with van der Waals surface area (Å²) in [5.74, 6) is -2.24. The maximum atomic E-state index is 12.9. The molecule has 0 aliphatic carbocycles. The van der Waals surface area contributed by atoms with E-state index in [2.05, 4.69) is 0 Å². The minimum atomic E-state index is -0.734. The molecule has 0 radical (unpaired) electrons. The van der Waals surface area contributed by atoms with E-state index in [0.29, 0.717) is 32.3 Å². The molecule has 8 heteroatoms. The van der Waals surface area contributed by atoms with E-state index in [1.54, 1.807) is 72.8 Å². The van der Waals surface area contributed by atoms with Crippen LogP contribution in [0.5, 0.6) is 0 Å². The summed E-state index contributed by atoms with van der Waals surface area (Å²) in [6, 6.07) is 25.7. The van der Waals surface area contributed by atoms with Gasteiger partial charge in [0.05, 0.1) is 11.1 Å². The third-order valence-electron chi connectivity index (χ3n) is 5.56. The molecular weight excluding hydrogens is 527 g/mol. The number of benzene rings is 4. The van der Waals surface area contributed by atoms with E-state index in [1.807, 2.05) is 6.07 Å². The molecule has 6 nitrogen and oxygen atoms in total. The van der Waals surface area contributed by atoms with E-state index in [9.17, 15) is 19.2 Å². The molecule has 0 spiro atoms. The van der Waals surface area contributed by atoms with Crippen molar-refractivity contribution in [2.45, 2.75) is 0 Å². The summed E-state index contributed by atoms with van der Waals surface area (Å²) in [6.07, 6.45) is 0. The molecule has 0 bridgehead atoms. The van der Waals surface area contributed by atoms with E-state index in [-0.39, 0.29) is 22.7 Å². The Hall–Kier alpha value is -4.26. The second kappa shape index (κ2) is 12.3. The van der Waals surface area contributed by atoms with Gasteiger partial charge in [0.1, 0.15) is 0 Å². The molecule has 0 saturated heterocycles. The van der Waals surface area contributed by atoms with Crippen molar-refractivity contribution in [1.29, 1.82) is 0 Å². The van der Waals surface area contributed by atoms with E-state index < -0.39 is 25.2 Å². The molecule has 0 N–H and O–H groups in total. The third kappa shape index (κ3) is 6.73. The lowest BCUT2D eigenvalue weighted by Crippen LogP contribution is -2.16. The lowest BCUT2D eigenvalue weighted by atomic mass is 9.97. The van der Waals surface area contributed by atoms with Crippen LogP contribution in [0.3, 0.4) is 0 Å². The van der Waals surface area contributed by atoms with Gasteiger partial charge >= 0.3 is 11.9 Å². The Morgan fingerprint density at radius 2 is 1.03 bits per heavy atom. The molecule has 0 amide bonds. The van der Waals surface area contributed by atoms with Crippen LogP contribution in [0, 0.1) is 0 Å². The van der Waals surface area contributed by atoms with Crippen molar-refractivity contribution in [1.82, 2.24) is 0 Å². The number of ether oxygens (including phenoxy) is 2. The molecule has 0 saturated carbocycles. The first kappa shape index (κ1) is 26.8. The molecular formula is C30H20Cl2O6. The molecule has 4 aromatic carbocycles. The molecule has 4 rings (SSSR count). The van der Waals surface area contributed by atoms with Crippen molar-refractivity contribution >= 4 is 46.7 Å². The van der Waals surface area contributed by atoms with Gasteiger partial charge in [0.25, 0.3) is 0 Å². The van der Waals surface area contributed by atoms with Crippen LogP contribution in [0.1, 0.15) is 41.4 Å². The van der Waals surface area contributed by atoms with Crippen LogP contribution in [0.15, 0.2) is 97.1 Å². The number of carbonyl (C=O) groups is 4. The maximum Gasteiger partial charge on any atom is 0.339 e. The van der Waals surface area contributed by atoms with Crippen molar-refractivity contribution in [2.24, 2.45) is 0 Å². The van der Waals surface area contributed by atoms with Crippen LogP contribution in [0.25, 0.3) is 11.1 Å². The fourth-order valence-electron chi connectivity index (χ4n) is 3.57. The normalized spacial score (nSPS) is 10.5. The molecule has 38 heavy (non-hydrogen) atoms. The maximum absolute atomic E-state index is 12.9. The molecule has 0 fully saturated rings. The fraction of sp³-hybridized carbons (Fsp3) is 0.0667. The average molecular weight is 547 g/mol. The molecule has 4 aromatic rings. The fourth-order valence-corrected chi connectivity index (χ4v) is 3.82. The Morgan fingerprint density at radius 3 is 1.55 bits per heavy atom. The number of ketones is 2. The first-order valence-electron chi connectivity index (χ1n) is 11.4. The van der Waals surface area contributed by atoms with Gasteiger partial charge in [-0.15, -0.1) is 0 Å². The van der Waals surface area contributed by atoms with Gasteiger partial charge in [-0.3, -0.25) is 9.59 Å².